The third-order valence-electron chi connectivity index (χ3n) is 5.13. The van der Waals surface area contributed by atoms with Crippen LogP contribution in [0.15, 0.2) is 84.9 Å². The molecular formula is C26H24N4O. The fraction of sp³-hybridized carbons (Fsp3) is 0.115. The summed E-state index contributed by atoms with van der Waals surface area (Å²) in [5.41, 5.74) is 6.80. The molecule has 2 N–H and O–H groups in total. The molecule has 0 fully saturated rings. The molecule has 154 valence electrons. The molecule has 0 unspecified atom stereocenters. The molecule has 0 aliphatic heterocycles. The summed E-state index contributed by atoms with van der Waals surface area (Å²) < 4.78 is 0. The van der Waals surface area contributed by atoms with Crippen LogP contribution >= 0.6 is 0 Å². The van der Waals surface area contributed by atoms with Gasteiger partial charge in [0.1, 0.15) is 0 Å². The molecule has 1 aromatic heterocycles. The van der Waals surface area contributed by atoms with Crippen LogP contribution in [0.3, 0.4) is 0 Å². The van der Waals surface area contributed by atoms with Gasteiger partial charge >= 0.3 is 0 Å². The number of carbonyl (C=O) groups excluding carboxylic acids is 1. The van der Waals surface area contributed by atoms with Gasteiger partial charge in [-0.3, -0.25) is 4.79 Å². The first kappa shape index (κ1) is 20.3. The van der Waals surface area contributed by atoms with Crippen LogP contribution in [0.1, 0.15) is 27.0 Å². The van der Waals surface area contributed by atoms with Crippen molar-refractivity contribution in [2.45, 2.75) is 20.4 Å². The lowest BCUT2D eigenvalue weighted by atomic mass is 10.1. The molecule has 0 aliphatic carbocycles. The summed E-state index contributed by atoms with van der Waals surface area (Å²) in [7, 11) is 0. The molecule has 0 atom stereocenters. The Morgan fingerprint density at radius 1 is 0.806 bits per heavy atom. The fourth-order valence-electron chi connectivity index (χ4n) is 3.22. The average Bonchev–Trinajstić information content (AvgIpc) is 2.80. The first-order chi connectivity index (χ1) is 15.1. The third kappa shape index (κ3) is 5.14. The maximum atomic E-state index is 12.4. The number of nitrogens with zero attached hydrogens (tertiary/aromatic N) is 2. The molecule has 5 nitrogen and oxygen atoms in total. The Kier molecular flexibility index (Phi) is 6.03. The van der Waals surface area contributed by atoms with E-state index in [0.717, 1.165) is 28.1 Å². The van der Waals surface area contributed by atoms with E-state index < -0.39 is 0 Å². The molecule has 1 amide bonds. The monoisotopic (exact) mass is 408 g/mol. The van der Waals surface area contributed by atoms with Crippen molar-refractivity contribution in [3.8, 4) is 11.3 Å². The molecule has 0 aliphatic rings. The Morgan fingerprint density at radius 3 is 2.23 bits per heavy atom. The lowest BCUT2D eigenvalue weighted by Crippen LogP contribution is -2.23. The van der Waals surface area contributed by atoms with E-state index in [2.05, 4.69) is 39.9 Å². The maximum absolute atomic E-state index is 12.4. The second-order valence-electron chi connectivity index (χ2n) is 7.48. The van der Waals surface area contributed by atoms with E-state index in [0.29, 0.717) is 17.9 Å². The second kappa shape index (κ2) is 9.22. The van der Waals surface area contributed by atoms with Crippen molar-refractivity contribution in [2.75, 3.05) is 5.32 Å². The van der Waals surface area contributed by atoms with Gasteiger partial charge in [-0.15, -0.1) is 10.2 Å². The van der Waals surface area contributed by atoms with Crippen LogP contribution < -0.4 is 10.6 Å². The SMILES string of the molecule is Cc1ccc(-c2ccc(Nc3ccc(C(=O)NCc4ccccc4C)cc3)nn2)cc1. The zero-order valence-corrected chi connectivity index (χ0v) is 17.6. The third-order valence-corrected chi connectivity index (χ3v) is 5.13. The molecule has 0 spiro atoms. The van der Waals surface area contributed by atoms with E-state index >= 15 is 0 Å². The number of amides is 1. The number of nitrogens with one attached hydrogen (secondary N) is 2. The lowest BCUT2D eigenvalue weighted by Gasteiger charge is -2.09. The minimum absolute atomic E-state index is 0.1000. The predicted octanol–water partition coefficient (Wildman–Crippen LogP) is 5.43. The summed E-state index contributed by atoms with van der Waals surface area (Å²) in [5.74, 6) is 0.546. The highest BCUT2D eigenvalue weighted by Gasteiger charge is 2.07. The minimum atomic E-state index is -0.1000. The molecule has 0 radical (unpaired) electrons. The maximum Gasteiger partial charge on any atom is 0.251 e. The van der Waals surface area contributed by atoms with Gasteiger partial charge in [-0.25, -0.2) is 0 Å². The van der Waals surface area contributed by atoms with Crippen LogP contribution in [0, 0.1) is 13.8 Å². The van der Waals surface area contributed by atoms with E-state index in [1.807, 2.05) is 67.6 Å². The highest BCUT2D eigenvalue weighted by Crippen LogP contribution is 2.20. The van der Waals surface area contributed by atoms with E-state index in [9.17, 15) is 4.79 Å². The molecule has 3 aromatic carbocycles. The Morgan fingerprint density at radius 2 is 1.55 bits per heavy atom. The summed E-state index contributed by atoms with van der Waals surface area (Å²) in [5, 5.41) is 14.8. The normalized spacial score (nSPS) is 10.5. The first-order valence-electron chi connectivity index (χ1n) is 10.2. The lowest BCUT2D eigenvalue weighted by molar-refractivity contribution is 0.0951. The number of carbonyl (C=O) groups is 1. The van der Waals surface area contributed by atoms with E-state index in [1.165, 1.54) is 5.56 Å². The molecule has 0 bridgehead atoms. The topological polar surface area (TPSA) is 66.9 Å². The molecule has 4 aromatic rings. The summed E-state index contributed by atoms with van der Waals surface area (Å²) in [4.78, 5) is 12.4. The smallest absolute Gasteiger partial charge is 0.251 e. The van der Waals surface area contributed by atoms with Gasteiger partial charge in [0.2, 0.25) is 0 Å². The van der Waals surface area contributed by atoms with Gasteiger partial charge in [-0.1, -0.05) is 54.1 Å². The van der Waals surface area contributed by atoms with Gasteiger partial charge in [0, 0.05) is 23.4 Å². The Balaban J connectivity index is 1.36. The summed E-state index contributed by atoms with van der Waals surface area (Å²) in [6, 6.07) is 27.4. The number of aryl methyl sites for hydroxylation is 2. The summed E-state index contributed by atoms with van der Waals surface area (Å²) >= 11 is 0. The van der Waals surface area contributed by atoms with Crippen LogP contribution in [-0.2, 0) is 6.54 Å². The number of hydrogen-bond acceptors (Lipinski definition) is 4. The second-order valence-corrected chi connectivity index (χ2v) is 7.48. The summed E-state index contributed by atoms with van der Waals surface area (Å²) in [6.07, 6.45) is 0. The highest BCUT2D eigenvalue weighted by molar-refractivity contribution is 5.94. The van der Waals surface area contributed by atoms with Crippen LogP contribution in [0.25, 0.3) is 11.3 Å². The van der Waals surface area contributed by atoms with Gasteiger partial charge in [-0.2, -0.15) is 0 Å². The van der Waals surface area contributed by atoms with Gasteiger partial charge in [0.15, 0.2) is 5.82 Å². The summed E-state index contributed by atoms with van der Waals surface area (Å²) in [6.45, 7) is 4.61. The minimum Gasteiger partial charge on any atom is -0.348 e. The Hall–Kier alpha value is -3.99. The standard InChI is InChI=1S/C26H24N4O/c1-18-7-9-20(10-8-18)24-15-16-25(30-29-24)28-23-13-11-21(12-14-23)26(31)27-17-22-6-4-3-5-19(22)2/h3-16H,17H2,1-2H3,(H,27,31)(H,28,30). The zero-order chi connectivity index (χ0) is 21.6. The molecular weight excluding hydrogens is 384 g/mol. The van der Waals surface area contributed by atoms with Crippen LogP contribution in [0.2, 0.25) is 0 Å². The molecule has 1 heterocycles. The van der Waals surface area contributed by atoms with Gasteiger partial charge in [0.05, 0.1) is 5.69 Å². The highest BCUT2D eigenvalue weighted by atomic mass is 16.1. The van der Waals surface area contributed by atoms with E-state index in [1.54, 1.807) is 12.1 Å². The molecule has 31 heavy (non-hydrogen) atoms. The molecule has 5 heteroatoms. The number of aromatic nitrogens is 2. The van der Waals surface area contributed by atoms with Crippen molar-refractivity contribution >= 4 is 17.4 Å². The van der Waals surface area contributed by atoms with Crippen molar-refractivity contribution in [3.63, 3.8) is 0 Å². The quantitative estimate of drug-likeness (QED) is 0.446. The van der Waals surface area contributed by atoms with Gasteiger partial charge in [0.25, 0.3) is 5.91 Å². The molecule has 4 rings (SSSR count). The van der Waals surface area contributed by atoms with Crippen LogP contribution in [0.4, 0.5) is 11.5 Å². The number of rotatable bonds is 6. The van der Waals surface area contributed by atoms with Gasteiger partial charge in [-0.05, 0) is 61.4 Å². The Labute approximate surface area is 182 Å². The molecule has 0 saturated carbocycles. The van der Waals surface area contributed by atoms with Crippen molar-refractivity contribution < 1.29 is 4.79 Å². The van der Waals surface area contributed by atoms with Crippen LogP contribution in [-0.4, -0.2) is 16.1 Å². The number of hydrogen-bond donors (Lipinski definition) is 2. The number of benzene rings is 3. The Bertz CT molecular complexity index is 1170. The largest absolute Gasteiger partial charge is 0.348 e. The van der Waals surface area contributed by atoms with Crippen molar-refractivity contribution in [2.24, 2.45) is 0 Å². The number of anilines is 2. The van der Waals surface area contributed by atoms with Crippen molar-refractivity contribution in [3.05, 3.63) is 107 Å². The zero-order valence-electron chi connectivity index (χ0n) is 17.6. The van der Waals surface area contributed by atoms with Crippen LogP contribution in [0.5, 0.6) is 0 Å². The van der Waals surface area contributed by atoms with E-state index in [4.69, 9.17) is 0 Å². The molecule has 0 saturated heterocycles. The van der Waals surface area contributed by atoms with Crippen molar-refractivity contribution in [1.29, 1.82) is 0 Å². The fourth-order valence-corrected chi connectivity index (χ4v) is 3.22. The van der Waals surface area contributed by atoms with Gasteiger partial charge < -0.3 is 10.6 Å². The van der Waals surface area contributed by atoms with Crippen molar-refractivity contribution in [1.82, 2.24) is 15.5 Å². The first-order valence-corrected chi connectivity index (χ1v) is 10.2. The average molecular weight is 409 g/mol. The van der Waals surface area contributed by atoms with E-state index in [-0.39, 0.29) is 5.91 Å². The predicted molar refractivity (Wildman–Crippen MR) is 124 cm³/mol.